The third kappa shape index (κ3) is 5.48. The van der Waals surface area contributed by atoms with Crippen molar-refractivity contribution in [3.8, 4) is 0 Å². The molecule has 1 rings (SSSR count). The van der Waals surface area contributed by atoms with Crippen molar-refractivity contribution < 1.29 is 4.39 Å². The molecule has 96 valence electrons. The highest BCUT2D eigenvalue weighted by Crippen LogP contribution is 2.17. The van der Waals surface area contributed by atoms with Gasteiger partial charge in [0.15, 0.2) is 0 Å². The van der Waals surface area contributed by atoms with Crippen LogP contribution in [0.2, 0.25) is 5.02 Å². The second-order valence-corrected chi connectivity index (χ2v) is 4.40. The molecule has 0 aliphatic rings. The first-order chi connectivity index (χ1) is 8.25. The molecule has 0 aliphatic carbocycles. The van der Waals surface area contributed by atoms with E-state index < -0.39 is 0 Å². The zero-order valence-corrected chi connectivity index (χ0v) is 11.0. The molecule has 17 heavy (non-hydrogen) atoms. The maximum Gasteiger partial charge on any atom is 0.146 e. The lowest BCUT2D eigenvalue weighted by Crippen LogP contribution is -2.22. The van der Waals surface area contributed by atoms with Gasteiger partial charge in [0.25, 0.3) is 0 Å². The first-order valence-electron chi connectivity index (χ1n) is 6.10. The zero-order chi connectivity index (χ0) is 12.5. The van der Waals surface area contributed by atoms with Crippen LogP contribution in [0.3, 0.4) is 0 Å². The lowest BCUT2D eigenvalue weighted by molar-refractivity contribution is 0.567. The zero-order valence-electron chi connectivity index (χ0n) is 10.2. The quantitative estimate of drug-likeness (QED) is 0.701. The molecule has 0 saturated heterocycles. The standard InChI is InChI=1S/C13H20ClFN2/c1-2-7-16-8-4-9-17-10-11-5-3-6-12(14)13(11)15/h3,5-6,16-17H,2,4,7-10H2,1H3. The molecule has 0 spiro atoms. The molecular weight excluding hydrogens is 239 g/mol. The van der Waals surface area contributed by atoms with Gasteiger partial charge < -0.3 is 10.6 Å². The minimum Gasteiger partial charge on any atom is -0.317 e. The van der Waals surface area contributed by atoms with E-state index in [0.29, 0.717) is 12.1 Å². The van der Waals surface area contributed by atoms with Crippen LogP contribution in [-0.2, 0) is 6.54 Å². The molecule has 0 fully saturated rings. The van der Waals surface area contributed by atoms with Gasteiger partial charge in [-0.2, -0.15) is 0 Å². The molecule has 0 atom stereocenters. The van der Waals surface area contributed by atoms with Crippen molar-refractivity contribution in [3.05, 3.63) is 34.6 Å². The van der Waals surface area contributed by atoms with Crippen LogP contribution in [0.1, 0.15) is 25.3 Å². The van der Waals surface area contributed by atoms with Crippen molar-refractivity contribution in [2.45, 2.75) is 26.3 Å². The Morgan fingerprint density at radius 1 is 1.18 bits per heavy atom. The molecule has 0 heterocycles. The molecule has 0 bridgehead atoms. The Labute approximate surface area is 108 Å². The highest BCUT2D eigenvalue weighted by molar-refractivity contribution is 6.30. The Bertz CT molecular complexity index is 331. The van der Waals surface area contributed by atoms with Gasteiger partial charge in [-0.15, -0.1) is 0 Å². The monoisotopic (exact) mass is 258 g/mol. The van der Waals surface area contributed by atoms with Crippen LogP contribution in [0.25, 0.3) is 0 Å². The van der Waals surface area contributed by atoms with E-state index in [4.69, 9.17) is 11.6 Å². The molecule has 2 nitrogen and oxygen atoms in total. The summed E-state index contributed by atoms with van der Waals surface area (Å²) in [5, 5.41) is 6.72. The summed E-state index contributed by atoms with van der Waals surface area (Å²) in [6.45, 7) is 5.61. The minimum absolute atomic E-state index is 0.189. The van der Waals surface area contributed by atoms with E-state index in [2.05, 4.69) is 17.6 Å². The largest absolute Gasteiger partial charge is 0.317 e. The van der Waals surface area contributed by atoms with Crippen LogP contribution >= 0.6 is 11.6 Å². The van der Waals surface area contributed by atoms with Crippen molar-refractivity contribution in [3.63, 3.8) is 0 Å². The van der Waals surface area contributed by atoms with Crippen LogP contribution in [0, 0.1) is 5.82 Å². The van der Waals surface area contributed by atoms with Gasteiger partial charge in [0.1, 0.15) is 5.82 Å². The highest BCUT2D eigenvalue weighted by atomic mass is 35.5. The SMILES string of the molecule is CCCNCCCNCc1cccc(Cl)c1F. The molecule has 0 radical (unpaired) electrons. The fourth-order valence-electron chi connectivity index (χ4n) is 1.55. The van der Waals surface area contributed by atoms with E-state index in [1.807, 2.05) is 0 Å². The average Bonchev–Trinajstić information content (AvgIpc) is 2.33. The summed E-state index contributed by atoms with van der Waals surface area (Å²) in [6, 6.07) is 5.09. The molecule has 0 amide bonds. The first-order valence-corrected chi connectivity index (χ1v) is 6.47. The summed E-state index contributed by atoms with van der Waals surface area (Å²) in [5.74, 6) is -0.314. The number of benzene rings is 1. The number of hydrogen-bond acceptors (Lipinski definition) is 2. The Hall–Kier alpha value is -0.640. The van der Waals surface area contributed by atoms with E-state index in [9.17, 15) is 4.39 Å². The molecule has 1 aromatic rings. The molecule has 0 saturated carbocycles. The summed E-state index contributed by atoms with van der Waals surface area (Å²) < 4.78 is 13.5. The van der Waals surface area contributed by atoms with Gasteiger partial charge in [-0.3, -0.25) is 0 Å². The smallest absolute Gasteiger partial charge is 0.146 e. The lowest BCUT2D eigenvalue weighted by atomic mass is 10.2. The van der Waals surface area contributed by atoms with Crippen LogP contribution in [0.5, 0.6) is 0 Å². The number of nitrogens with one attached hydrogen (secondary N) is 2. The van der Waals surface area contributed by atoms with Gasteiger partial charge in [-0.05, 0) is 38.5 Å². The Morgan fingerprint density at radius 2 is 1.94 bits per heavy atom. The van der Waals surface area contributed by atoms with Crippen LogP contribution < -0.4 is 10.6 Å². The van der Waals surface area contributed by atoms with Crippen molar-refractivity contribution >= 4 is 11.6 Å². The van der Waals surface area contributed by atoms with Crippen molar-refractivity contribution in [2.24, 2.45) is 0 Å². The molecule has 0 aliphatic heterocycles. The second-order valence-electron chi connectivity index (χ2n) is 3.99. The van der Waals surface area contributed by atoms with E-state index >= 15 is 0 Å². The van der Waals surface area contributed by atoms with Crippen molar-refractivity contribution in [2.75, 3.05) is 19.6 Å². The van der Waals surface area contributed by atoms with Crippen LogP contribution in [0.15, 0.2) is 18.2 Å². The lowest BCUT2D eigenvalue weighted by Gasteiger charge is -2.07. The summed E-state index contributed by atoms with van der Waals surface area (Å²) in [6.07, 6.45) is 2.20. The maximum absolute atomic E-state index is 13.5. The fourth-order valence-corrected chi connectivity index (χ4v) is 1.74. The van der Waals surface area contributed by atoms with E-state index in [-0.39, 0.29) is 10.8 Å². The average molecular weight is 259 g/mol. The maximum atomic E-state index is 13.5. The predicted octanol–water partition coefficient (Wildman–Crippen LogP) is 2.96. The molecule has 1 aromatic carbocycles. The molecule has 0 aromatic heterocycles. The van der Waals surface area contributed by atoms with Crippen LogP contribution in [0.4, 0.5) is 4.39 Å². The molecule has 4 heteroatoms. The van der Waals surface area contributed by atoms with E-state index in [0.717, 1.165) is 32.5 Å². The van der Waals surface area contributed by atoms with Gasteiger partial charge in [0.2, 0.25) is 0 Å². The van der Waals surface area contributed by atoms with E-state index in [1.54, 1.807) is 18.2 Å². The summed E-state index contributed by atoms with van der Waals surface area (Å²) in [5.41, 5.74) is 0.624. The molecule has 2 N–H and O–H groups in total. The molecular formula is C13H20ClFN2. The number of halogens is 2. The molecule has 0 unspecified atom stereocenters. The van der Waals surface area contributed by atoms with E-state index in [1.165, 1.54) is 0 Å². The third-order valence-electron chi connectivity index (χ3n) is 2.48. The minimum atomic E-state index is -0.314. The first kappa shape index (κ1) is 14.4. The summed E-state index contributed by atoms with van der Waals surface area (Å²) >= 11 is 5.70. The Balaban J connectivity index is 2.16. The van der Waals surface area contributed by atoms with Gasteiger partial charge in [0, 0.05) is 12.1 Å². The summed E-state index contributed by atoms with van der Waals surface area (Å²) in [7, 11) is 0. The van der Waals surface area contributed by atoms with Gasteiger partial charge in [-0.1, -0.05) is 30.7 Å². The number of hydrogen-bond donors (Lipinski definition) is 2. The van der Waals surface area contributed by atoms with Crippen molar-refractivity contribution in [1.82, 2.24) is 10.6 Å². The van der Waals surface area contributed by atoms with Gasteiger partial charge >= 0.3 is 0 Å². The third-order valence-corrected chi connectivity index (χ3v) is 2.77. The summed E-state index contributed by atoms with van der Waals surface area (Å²) in [4.78, 5) is 0. The van der Waals surface area contributed by atoms with Crippen molar-refractivity contribution in [1.29, 1.82) is 0 Å². The predicted molar refractivity (Wildman–Crippen MR) is 70.9 cm³/mol. The van der Waals surface area contributed by atoms with Crippen LogP contribution in [-0.4, -0.2) is 19.6 Å². The Kier molecular flexibility index (Phi) is 7.17. The highest BCUT2D eigenvalue weighted by Gasteiger charge is 2.04. The van der Waals surface area contributed by atoms with Gasteiger partial charge in [0.05, 0.1) is 5.02 Å². The fraction of sp³-hybridized carbons (Fsp3) is 0.538. The normalized spacial score (nSPS) is 10.8. The Morgan fingerprint density at radius 3 is 2.71 bits per heavy atom. The number of rotatable bonds is 8. The van der Waals surface area contributed by atoms with Gasteiger partial charge in [-0.25, -0.2) is 4.39 Å². The topological polar surface area (TPSA) is 24.1 Å². The second kappa shape index (κ2) is 8.45.